The Kier molecular flexibility index (Phi) is 2110. The van der Waals surface area contributed by atoms with Gasteiger partial charge < -0.3 is 27.4 Å². The van der Waals surface area contributed by atoms with Gasteiger partial charge in [0.2, 0.25) is 0 Å². The van der Waals surface area contributed by atoms with Crippen molar-refractivity contribution in [2.24, 2.45) is 0 Å². The largest absolute Gasteiger partial charge is 3.00 e. The van der Waals surface area contributed by atoms with E-state index >= 15 is 0 Å². The van der Waals surface area contributed by atoms with Crippen LogP contribution in [0.4, 0.5) is 0 Å². The molecule has 0 atom stereocenters. The molecule has 5 nitrogen and oxygen atoms in total. The Balaban J connectivity index is 0. The van der Waals surface area contributed by atoms with Gasteiger partial charge in [0.1, 0.15) is 0 Å². The molecule has 0 aliphatic heterocycles. The van der Waals surface area contributed by atoms with E-state index < -0.39 is 0 Å². The van der Waals surface area contributed by atoms with Crippen molar-refractivity contribution >= 4 is 0 Å². The van der Waals surface area contributed by atoms with Gasteiger partial charge in [-0.15, -0.1) is 0 Å². The predicted octanol–water partition coefficient (Wildman–Crippen LogP) is -0.604. The first-order valence-corrected chi connectivity index (χ1v) is 0. The molecule has 2 radical (unpaired) electrons. The van der Waals surface area contributed by atoms with Crippen LogP contribution < -0.4 is 0 Å². The minimum absolute atomic E-state index is 0. The average Bonchev–Trinajstić information content (AvgIpc) is 0. The molecule has 9 heteroatoms. The zero-order valence-electron chi connectivity index (χ0n) is 3.80. The maximum absolute atomic E-state index is 0. The van der Waals surface area contributed by atoms with E-state index in [9.17, 15) is 0 Å². The third-order valence-corrected chi connectivity index (χ3v) is 0. The first-order valence-electron chi connectivity index (χ1n) is 0. The molecule has 0 fully saturated rings. The van der Waals surface area contributed by atoms with Gasteiger partial charge >= 0.3 is 99.6 Å². The van der Waals surface area contributed by atoms with Crippen LogP contribution in [-0.4, -0.2) is 0 Å². The molecule has 0 rings (SSSR count). The van der Waals surface area contributed by atoms with Crippen molar-refractivity contribution < 1.29 is 127 Å². The molecule has 58 valence electrons. The molecule has 0 N–H and O–H groups in total. The van der Waals surface area contributed by atoms with Crippen LogP contribution in [0.3, 0.4) is 0 Å². The maximum Gasteiger partial charge on any atom is 3.00 e. The van der Waals surface area contributed by atoms with Crippen molar-refractivity contribution in [3.63, 3.8) is 0 Å². The molecule has 9 heavy (non-hydrogen) atoms. The van der Waals surface area contributed by atoms with Gasteiger partial charge in [-0.2, -0.15) is 0 Å². The smallest absolute Gasteiger partial charge is 2.00 e. The van der Waals surface area contributed by atoms with E-state index in [-0.39, 0.29) is 127 Å². The van der Waals surface area contributed by atoms with Gasteiger partial charge in [0.25, 0.3) is 0 Å². The van der Waals surface area contributed by atoms with Crippen LogP contribution in [0.5, 0.6) is 0 Å². The Labute approximate surface area is 125 Å². The van der Waals surface area contributed by atoms with Crippen LogP contribution in [-0.2, 0) is 127 Å². The van der Waals surface area contributed by atoms with Crippen LogP contribution in [0.2, 0.25) is 0 Å². The zero-order valence-corrected chi connectivity index (χ0v) is 11.4. The van der Waals surface area contributed by atoms with Gasteiger partial charge in [-0.1, -0.05) is 0 Å². The average molecular weight is 385 g/mol. The van der Waals surface area contributed by atoms with Crippen LogP contribution in [0, 0.1) is 0 Å². The van der Waals surface area contributed by atoms with Crippen molar-refractivity contribution in [3.05, 3.63) is 0 Å². The summed E-state index contributed by atoms with van der Waals surface area (Å²) >= 11 is 0. The van der Waals surface area contributed by atoms with E-state index in [2.05, 4.69) is 0 Å². The summed E-state index contributed by atoms with van der Waals surface area (Å²) in [6.07, 6.45) is 0. The van der Waals surface area contributed by atoms with Crippen molar-refractivity contribution in [1.82, 2.24) is 0 Å². The van der Waals surface area contributed by atoms with Gasteiger partial charge in [0.15, 0.2) is 0 Å². The standard InChI is InChI=1S/2Cu.5O.2Y/q2*+2;5*-2;2*+3. The molecule has 0 saturated carbocycles. The fourth-order valence-electron chi connectivity index (χ4n) is 0. The van der Waals surface area contributed by atoms with Gasteiger partial charge in [-0.25, -0.2) is 0 Å². The van der Waals surface area contributed by atoms with E-state index in [4.69, 9.17) is 0 Å². The zero-order chi connectivity index (χ0) is 0. The second-order valence-corrected chi connectivity index (χ2v) is 0. The molecule has 0 spiro atoms. The predicted molar refractivity (Wildman–Crippen MR) is 3.43 cm³/mol. The molecular formula is Cu2O5Y2. The molecule has 0 bridgehead atoms. The second kappa shape index (κ2) is 120. The summed E-state index contributed by atoms with van der Waals surface area (Å²) in [4.78, 5) is 0. The van der Waals surface area contributed by atoms with Gasteiger partial charge in [0, 0.05) is 0 Å². The number of rotatable bonds is 0. The first kappa shape index (κ1) is 158. The summed E-state index contributed by atoms with van der Waals surface area (Å²) in [6, 6.07) is 0. The number of hydrogen-bond acceptors (Lipinski definition) is 0. The summed E-state index contributed by atoms with van der Waals surface area (Å²) in [5.41, 5.74) is 0. The van der Waals surface area contributed by atoms with E-state index in [1.807, 2.05) is 0 Å². The van der Waals surface area contributed by atoms with Crippen molar-refractivity contribution in [2.45, 2.75) is 0 Å². The van der Waals surface area contributed by atoms with Gasteiger partial charge in [-0.3, -0.25) is 0 Å². The van der Waals surface area contributed by atoms with E-state index in [1.165, 1.54) is 0 Å². The van der Waals surface area contributed by atoms with Gasteiger partial charge in [-0.05, 0) is 0 Å². The minimum atomic E-state index is 0. The minimum Gasteiger partial charge on any atom is -2.00 e. The summed E-state index contributed by atoms with van der Waals surface area (Å²) in [6.45, 7) is 0. The normalized spacial score (nSPS) is 0. The second-order valence-electron chi connectivity index (χ2n) is 0. The van der Waals surface area contributed by atoms with Crippen LogP contribution in [0.25, 0.3) is 0 Å². The van der Waals surface area contributed by atoms with Gasteiger partial charge in [0.05, 0.1) is 0 Å². The first-order chi connectivity index (χ1) is 0. The van der Waals surface area contributed by atoms with Crippen molar-refractivity contribution in [1.29, 1.82) is 0 Å². The van der Waals surface area contributed by atoms with Crippen molar-refractivity contribution in [2.75, 3.05) is 0 Å². The monoisotopic (exact) mass is 384 g/mol. The van der Waals surface area contributed by atoms with E-state index in [0.29, 0.717) is 0 Å². The SMILES string of the molecule is [Cu+2].[Cu+2].[O-2].[O-2].[O-2].[O-2].[O-2].[Y+3].[Y+3]. The molecule has 0 amide bonds. The van der Waals surface area contributed by atoms with Crippen LogP contribution in [0.15, 0.2) is 0 Å². The fourth-order valence-corrected chi connectivity index (χ4v) is 0. The Morgan fingerprint density at radius 2 is 0.333 bits per heavy atom. The van der Waals surface area contributed by atoms with Crippen molar-refractivity contribution in [3.8, 4) is 0 Å². The summed E-state index contributed by atoms with van der Waals surface area (Å²) in [5.74, 6) is 0. The summed E-state index contributed by atoms with van der Waals surface area (Å²) in [5, 5.41) is 0. The van der Waals surface area contributed by atoms with E-state index in [0.717, 1.165) is 0 Å². The Morgan fingerprint density at radius 1 is 0.333 bits per heavy atom. The van der Waals surface area contributed by atoms with E-state index in [1.54, 1.807) is 0 Å². The third-order valence-electron chi connectivity index (χ3n) is 0. The molecule has 0 saturated heterocycles. The molecule has 0 aromatic rings. The maximum atomic E-state index is 0. The number of hydrogen-bond donors (Lipinski definition) is 0. The third kappa shape index (κ3) is 97.4. The topological polar surface area (TPSA) is 142 Å². The summed E-state index contributed by atoms with van der Waals surface area (Å²) < 4.78 is 0. The Hall–Kier alpha value is 3.05. The molecule has 0 aliphatic carbocycles. The fraction of sp³-hybridized carbons (Fsp3) is 0. The Bertz CT molecular complexity index is 12.9. The molecule has 0 aromatic carbocycles. The molecule has 0 heterocycles. The molecule has 0 aromatic heterocycles. The molecular weight excluding hydrogens is 385 g/mol. The molecule has 0 aliphatic rings. The Morgan fingerprint density at radius 3 is 0.333 bits per heavy atom. The molecule has 0 unspecified atom stereocenters. The quantitative estimate of drug-likeness (QED) is 0.491. The summed E-state index contributed by atoms with van der Waals surface area (Å²) in [7, 11) is 0. The van der Waals surface area contributed by atoms with Crippen LogP contribution in [0.1, 0.15) is 0 Å². The van der Waals surface area contributed by atoms with Crippen LogP contribution >= 0.6 is 0 Å².